The predicted octanol–water partition coefficient (Wildman–Crippen LogP) is 2.91. The van der Waals surface area contributed by atoms with Crippen LogP contribution in [0.2, 0.25) is 0 Å². The molecule has 3 rings (SSSR count). The maximum atomic E-state index is 12.1. The third-order valence-corrected chi connectivity index (χ3v) is 4.21. The minimum absolute atomic E-state index is 0.120. The predicted molar refractivity (Wildman–Crippen MR) is 101 cm³/mol. The fourth-order valence-electron chi connectivity index (χ4n) is 2.74. The molecule has 0 aromatic heterocycles. The maximum Gasteiger partial charge on any atom is 0.338 e. The van der Waals surface area contributed by atoms with Crippen molar-refractivity contribution in [1.82, 2.24) is 0 Å². The van der Waals surface area contributed by atoms with Crippen molar-refractivity contribution in [2.45, 2.75) is 18.9 Å². The number of nitrogens with one attached hydrogen (secondary N) is 1. The van der Waals surface area contributed by atoms with E-state index in [1.807, 2.05) is 6.07 Å². The summed E-state index contributed by atoms with van der Waals surface area (Å²) in [7, 11) is 0. The minimum Gasteiger partial charge on any atom is -0.491 e. The first-order valence-corrected chi connectivity index (χ1v) is 8.96. The summed E-state index contributed by atoms with van der Waals surface area (Å²) >= 11 is 0. The summed E-state index contributed by atoms with van der Waals surface area (Å²) in [5.74, 6) is -0.500. The van der Waals surface area contributed by atoms with Gasteiger partial charge in [-0.1, -0.05) is 12.1 Å². The van der Waals surface area contributed by atoms with Gasteiger partial charge in [-0.15, -0.1) is 0 Å². The standard InChI is InChI=1S/C21H20N2O5/c22-12-16-4-1-2-6-19(16)23-20(24)14-28-21(25)15-7-9-17(10-8-15)27-13-18-5-3-11-26-18/h1-2,4,6-10,18H,3,5,11,13-14H2,(H,23,24)/t18-/m1/s1. The molecule has 1 saturated heterocycles. The van der Waals surface area contributed by atoms with Crippen LogP contribution in [0.5, 0.6) is 5.75 Å². The molecule has 0 saturated carbocycles. The summed E-state index contributed by atoms with van der Waals surface area (Å²) in [5, 5.41) is 11.6. The van der Waals surface area contributed by atoms with Crippen molar-refractivity contribution >= 4 is 17.6 Å². The number of amides is 1. The molecule has 28 heavy (non-hydrogen) atoms. The molecule has 1 aliphatic heterocycles. The van der Waals surface area contributed by atoms with Gasteiger partial charge >= 0.3 is 5.97 Å². The molecule has 1 heterocycles. The molecule has 1 atom stereocenters. The first kappa shape index (κ1) is 19.4. The molecular formula is C21H20N2O5. The molecule has 7 nitrogen and oxygen atoms in total. The molecule has 144 valence electrons. The smallest absolute Gasteiger partial charge is 0.338 e. The molecule has 2 aromatic rings. The Morgan fingerprint density at radius 1 is 1.18 bits per heavy atom. The number of carbonyl (C=O) groups excluding carboxylic acids is 2. The van der Waals surface area contributed by atoms with Crippen LogP contribution in [0, 0.1) is 11.3 Å². The van der Waals surface area contributed by atoms with E-state index in [2.05, 4.69) is 5.32 Å². The lowest BCUT2D eigenvalue weighted by Gasteiger charge is -2.11. The second-order valence-corrected chi connectivity index (χ2v) is 6.25. The summed E-state index contributed by atoms with van der Waals surface area (Å²) in [6, 6.07) is 15.1. The van der Waals surface area contributed by atoms with Gasteiger partial charge in [0.25, 0.3) is 5.91 Å². The number of carbonyl (C=O) groups is 2. The summed E-state index contributed by atoms with van der Waals surface area (Å²) in [6.07, 6.45) is 2.16. The number of nitriles is 1. The first-order valence-electron chi connectivity index (χ1n) is 8.96. The molecule has 1 amide bonds. The Kier molecular flexibility index (Phi) is 6.60. The van der Waals surface area contributed by atoms with Crippen molar-refractivity contribution in [3.8, 4) is 11.8 Å². The highest BCUT2D eigenvalue weighted by molar-refractivity contribution is 5.96. The maximum absolute atomic E-state index is 12.1. The van der Waals surface area contributed by atoms with E-state index in [9.17, 15) is 9.59 Å². The molecule has 0 bridgehead atoms. The number of benzene rings is 2. The van der Waals surface area contributed by atoms with E-state index in [4.69, 9.17) is 19.5 Å². The molecule has 0 unspecified atom stereocenters. The number of anilines is 1. The molecule has 2 aromatic carbocycles. The molecule has 1 N–H and O–H groups in total. The van der Waals surface area contributed by atoms with Gasteiger partial charge in [-0.05, 0) is 49.2 Å². The van der Waals surface area contributed by atoms with E-state index in [0.29, 0.717) is 29.2 Å². The van der Waals surface area contributed by atoms with E-state index in [-0.39, 0.29) is 6.10 Å². The number of rotatable bonds is 7. The van der Waals surface area contributed by atoms with Gasteiger partial charge in [0.05, 0.1) is 22.9 Å². The zero-order chi connectivity index (χ0) is 19.8. The van der Waals surface area contributed by atoms with Gasteiger partial charge in [0.2, 0.25) is 0 Å². The van der Waals surface area contributed by atoms with Gasteiger partial charge < -0.3 is 19.5 Å². The average molecular weight is 380 g/mol. The summed E-state index contributed by atoms with van der Waals surface area (Å²) in [4.78, 5) is 24.0. The molecule has 1 aliphatic rings. The van der Waals surface area contributed by atoms with Crippen molar-refractivity contribution in [2.75, 3.05) is 25.1 Å². The van der Waals surface area contributed by atoms with Gasteiger partial charge in [0.15, 0.2) is 6.61 Å². The zero-order valence-electron chi connectivity index (χ0n) is 15.2. The van der Waals surface area contributed by atoms with Crippen molar-refractivity contribution in [2.24, 2.45) is 0 Å². The van der Waals surface area contributed by atoms with E-state index >= 15 is 0 Å². The lowest BCUT2D eigenvalue weighted by atomic mass is 10.2. The third-order valence-electron chi connectivity index (χ3n) is 4.21. The van der Waals surface area contributed by atoms with Crippen LogP contribution in [-0.4, -0.2) is 37.8 Å². The summed E-state index contributed by atoms with van der Waals surface area (Å²) in [5.41, 5.74) is 1.02. The largest absolute Gasteiger partial charge is 0.491 e. The van der Waals surface area contributed by atoms with Crippen molar-refractivity contribution in [3.63, 3.8) is 0 Å². The fraction of sp³-hybridized carbons (Fsp3) is 0.286. The van der Waals surface area contributed by atoms with Crippen molar-refractivity contribution < 1.29 is 23.8 Å². The van der Waals surface area contributed by atoms with Gasteiger partial charge in [-0.2, -0.15) is 5.26 Å². The Labute approximate surface area is 162 Å². The van der Waals surface area contributed by atoms with Gasteiger partial charge in [-0.3, -0.25) is 4.79 Å². The summed E-state index contributed by atoms with van der Waals surface area (Å²) < 4.78 is 16.2. The number of ether oxygens (including phenoxy) is 3. The molecular weight excluding hydrogens is 360 g/mol. The van der Waals surface area contributed by atoms with Crippen LogP contribution < -0.4 is 10.1 Å². The molecule has 0 radical (unpaired) electrons. The lowest BCUT2D eigenvalue weighted by Crippen LogP contribution is -2.21. The van der Waals surface area contributed by atoms with Crippen LogP contribution in [0.4, 0.5) is 5.69 Å². The SMILES string of the molecule is N#Cc1ccccc1NC(=O)COC(=O)c1ccc(OC[C@H]2CCCO2)cc1. The first-order chi connectivity index (χ1) is 13.7. The Morgan fingerprint density at radius 3 is 2.68 bits per heavy atom. The highest BCUT2D eigenvalue weighted by Crippen LogP contribution is 2.17. The third kappa shape index (κ3) is 5.32. The lowest BCUT2D eigenvalue weighted by molar-refractivity contribution is -0.119. The second kappa shape index (κ2) is 9.53. The second-order valence-electron chi connectivity index (χ2n) is 6.25. The fourth-order valence-corrected chi connectivity index (χ4v) is 2.74. The van der Waals surface area contributed by atoms with Crippen LogP contribution in [0.1, 0.15) is 28.8 Å². The van der Waals surface area contributed by atoms with Crippen LogP contribution in [0.25, 0.3) is 0 Å². The summed E-state index contributed by atoms with van der Waals surface area (Å²) in [6.45, 7) is 0.804. The average Bonchev–Trinajstić information content (AvgIpc) is 3.25. The molecule has 0 spiro atoms. The Bertz CT molecular complexity index is 867. The molecule has 7 heteroatoms. The minimum atomic E-state index is -0.616. The van der Waals surface area contributed by atoms with Gasteiger partial charge in [0, 0.05) is 6.61 Å². The van der Waals surface area contributed by atoms with Crippen LogP contribution in [-0.2, 0) is 14.3 Å². The van der Waals surface area contributed by atoms with E-state index < -0.39 is 18.5 Å². The monoisotopic (exact) mass is 380 g/mol. The normalized spacial score (nSPS) is 15.5. The van der Waals surface area contributed by atoms with Crippen LogP contribution in [0.3, 0.4) is 0 Å². The topological polar surface area (TPSA) is 97.7 Å². The number of nitrogens with zero attached hydrogens (tertiary/aromatic N) is 1. The Hall–Kier alpha value is -3.37. The van der Waals surface area contributed by atoms with Gasteiger partial charge in [0.1, 0.15) is 18.4 Å². The molecule has 1 fully saturated rings. The number of esters is 1. The highest BCUT2D eigenvalue weighted by Gasteiger charge is 2.16. The number of hydrogen-bond donors (Lipinski definition) is 1. The Morgan fingerprint density at radius 2 is 1.96 bits per heavy atom. The van der Waals surface area contributed by atoms with Crippen molar-refractivity contribution in [1.29, 1.82) is 5.26 Å². The highest BCUT2D eigenvalue weighted by atomic mass is 16.5. The van der Waals surface area contributed by atoms with Crippen LogP contribution in [0.15, 0.2) is 48.5 Å². The van der Waals surface area contributed by atoms with Crippen molar-refractivity contribution in [3.05, 3.63) is 59.7 Å². The van der Waals surface area contributed by atoms with Gasteiger partial charge in [-0.25, -0.2) is 4.79 Å². The zero-order valence-corrected chi connectivity index (χ0v) is 15.2. The van der Waals surface area contributed by atoms with E-state index in [1.165, 1.54) is 0 Å². The molecule has 0 aliphatic carbocycles. The quantitative estimate of drug-likeness (QED) is 0.742. The van der Waals surface area contributed by atoms with E-state index in [1.54, 1.807) is 48.5 Å². The van der Waals surface area contributed by atoms with E-state index in [0.717, 1.165) is 19.4 Å². The van der Waals surface area contributed by atoms with Crippen LogP contribution >= 0.6 is 0 Å². The number of hydrogen-bond acceptors (Lipinski definition) is 6. The Balaban J connectivity index is 1.46. The number of para-hydroxylation sites is 1.